The Hall–Kier alpha value is -4.80. The molecule has 1 atom stereocenters. The number of hydrogen-bond acceptors (Lipinski definition) is 10. The fourth-order valence-electron chi connectivity index (χ4n) is 4.53. The first-order chi connectivity index (χ1) is 19.8. The van der Waals surface area contributed by atoms with Crippen LogP contribution in [0.1, 0.15) is 26.2 Å². The molecule has 0 aromatic carbocycles. The predicted octanol–water partition coefficient (Wildman–Crippen LogP) is 4.38. The lowest BCUT2D eigenvalue weighted by Crippen LogP contribution is -2.17. The smallest absolute Gasteiger partial charge is 0.272 e. The number of rotatable bonds is 6. The van der Waals surface area contributed by atoms with Crippen LogP contribution in [0.2, 0.25) is 0 Å². The molecule has 1 saturated carbocycles. The third kappa shape index (κ3) is 5.60. The van der Waals surface area contributed by atoms with E-state index in [4.69, 9.17) is 14.2 Å². The lowest BCUT2D eigenvalue weighted by atomic mass is 10.1. The monoisotopic (exact) mass is 563 g/mol. The highest BCUT2D eigenvalue weighted by atomic mass is 19.3. The van der Waals surface area contributed by atoms with Crippen LogP contribution in [0.15, 0.2) is 36.9 Å². The normalized spacial score (nSPS) is 17.3. The highest BCUT2D eigenvalue weighted by Crippen LogP contribution is 2.47. The number of nitriles is 1. The van der Waals surface area contributed by atoms with Gasteiger partial charge in [0.05, 0.1) is 42.5 Å². The van der Waals surface area contributed by atoms with Crippen LogP contribution in [0.3, 0.4) is 0 Å². The second-order valence-corrected chi connectivity index (χ2v) is 10.1. The highest BCUT2D eigenvalue weighted by molar-refractivity contribution is 5.75. The minimum atomic E-state index is -2.68. The third-order valence-corrected chi connectivity index (χ3v) is 6.91. The van der Waals surface area contributed by atoms with Crippen LogP contribution in [-0.4, -0.2) is 60.3 Å². The predicted molar refractivity (Wildman–Crippen MR) is 142 cm³/mol. The molecule has 0 saturated heterocycles. The van der Waals surface area contributed by atoms with Gasteiger partial charge in [-0.1, -0.05) is 0 Å². The summed E-state index contributed by atoms with van der Waals surface area (Å²) < 4.78 is 47.2. The molecule has 2 aliphatic rings. The lowest BCUT2D eigenvalue weighted by Gasteiger charge is -2.19. The molecule has 4 aromatic rings. The van der Waals surface area contributed by atoms with Gasteiger partial charge in [-0.05, 0) is 25.8 Å². The van der Waals surface area contributed by atoms with Crippen LogP contribution in [0.25, 0.3) is 22.5 Å². The van der Waals surface area contributed by atoms with Crippen molar-refractivity contribution >= 4 is 11.6 Å². The minimum Gasteiger partial charge on any atom is -0.490 e. The summed E-state index contributed by atoms with van der Waals surface area (Å²) in [4.78, 5) is 13.5. The Labute approximate surface area is 233 Å². The molecule has 12 nitrogen and oxygen atoms in total. The number of alkyl halides is 2. The third-order valence-electron chi connectivity index (χ3n) is 6.91. The number of aryl methyl sites for hydroxylation is 1. The van der Waals surface area contributed by atoms with Crippen molar-refractivity contribution in [1.82, 2.24) is 34.5 Å². The van der Waals surface area contributed by atoms with Crippen molar-refractivity contribution < 1.29 is 23.0 Å². The van der Waals surface area contributed by atoms with E-state index in [2.05, 4.69) is 36.5 Å². The summed E-state index contributed by atoms with van der Waals surface area (Å²) in [5.74, 6) is 2.36. The topological polar surface area (TPSA) is 138 Å². The Morgan fingerprint density at radius 3 is 2.85 bits per heavy atom. The van der Waals surface area contributed by atoms with Crippen LogP contribution in [-0.2, 0) is 13.6 Å². The SMILES string of the molecule is C[C@H]1CCOc2c(cnn2C)-c2nccc(n2)Nc2cc(c(-c3cn(CC4(C#N)CC4)nc3OCC(F)F)cn2)O1. The fourth-order valence-corrected chi connectivity index (χ4v) is 4.53. The number of aromatic nitrogens is 7. The maximum Gasteiger partial charge on any atom is 0.272 e. The second kappa shape index (κ2) is 10.6. The van der Waals surface area contributed by atoms with E-state index in [1.54, 1.807) is 53.3 Å². The van der Waals surface area contributed by atoms with E-state index in [1.807, 2.05) is 6.92 Å². The molecule has 0 amide bonds. The second-order valence-electron chi connectivity index (χ2n) is 10.1. The summed E-state index contributed by atoms with van der Waals surface area (Å²) in [6.45, 7) is 1.74. The quantitative estimate of drug-likeness (QED) is 0.360. The van der Waals surface area contributed by atoms with Crippen LogP contribution in [0.4, 0.5) is 20.4 Å². The first kappa shape index (κ1) is 26.4. The van der Waals surface area contributed by atoms with E-state index >= 15 is 0 Å². The Bertz CT molecular complexity index is 1610. The van der Waals surface area contributed by atoms with Crippen molar-refractivity contribution in [2.45, 2.75) is 45.3 Å². The van der Waals surface area contributed by atoms with Crippen molar-refractivity contribution in [2.24, 2.45) is 12.5 Å². The van der Waals surface area contributed by atoms with Gasteiger partial charge in [-0.3, -0.25) is 4.68 Å². The lowest BCUT2D eigenvalue weighted by molar-refractivity contribution is 0.0794. The zero-order chi connectivity index (χ0) is 28.6. The molecular weight excluding hydrogens is 536 g/mol. The molecule has 41 heavy (non-hydrogen) atoms. The molecule has 1 aliphatic carbocycles. The molecule has 4 bridgehead atoms. The van der Waals surface area contributed by atoms with Gasteiger partial charge in [0.2, 0.25) is 11.8 Å². The van der Waals surface area contributed by atoms with Crippen LogP contribution >= 0.6 is 0 Å². The summed E-state index contributed by atoms with van der Waals surface area (Å²) in [5.41, 5.74) is 1.09. The number of hydrogen-bond donors (Lipinski definition) is 1. The number of pyridine rings is 1. The largest absolute Gasteiger partial charge is 0.490 e. The molecule has 0 spiro atoms. The highest BCUT2D eigenvalue weighted by Gasteiger charge is 2.44. The molecule has 6 rings (SSSR count). The maximum atomic E-state index is 13.1. The Morgan fingerprint density at radius 1 is 1.22 bits per heavy atom. The van der Waals surface area contributed by atoms with Crippen molar-refractivity contribution in [3.05, 3.63) is 36.9 Å². The van der Waals surface area contributed by atoms with E-state index in [1.165, 1.54) is 0 Å². The molecule has 4 aromatic heterocycles. The molecule has 1 aliphatic heterocycles. The fraction of sp³-hybridized carbons (Fsp3) is 0.407. The number of fused-ring (bicyclic) bond motifs is 6. The average molecular weight is 564 g/mol. The van der Waals surface area contributed by atoms with E-state index in [0.29, 0.717) is 65.4 Å². The molecule has 5 heterocycles. The van der Waals surface area contributed by atoms with Crippen molar-refractivity contribution in [3.8, 4) is 46.1 Å². The molecule has 1 N–H and O–H groups in total. The van der Waals surface area contributed by atoms with E-state index in [0.717, 1.165) is 12.8 Å². The Kier molecular flexibility index (Phi) is 6.86. The number of nitrogens with one attached hydrogen (secondary N) is 1. The van der Waals surface area contributed by atoms with E-state index in [-0.39, 0.29) is 12.0 Å². The zero-order valence-corrected chi connectivity index (χ0v) is 22.4. The van der Waals surface area contributed by atoms with E-state index in [9.17, 15) is 14.0 Å². The average Bonchev–Trinajstić information content (AvgIpc) is 3.46. The molecule has 212 valence electrons. The Morgan fingerprint density at radius 2 is 2.07 bits per heavy atom. The number of halogens is 2. The van der Waals surface area contributed by atoms with Gasteiger partial charge in [0.25, 0.3) is 6.43 Å². The first-order valence-electron chi connectivity index (χ1n) is 13.1. The van der Waals surface area contributed by atoms with Crippen LogP contribution < -0.4 is 19.5 Å². The minimum absolute atomic E-state index is 0.0148. The standard InChI is InChI=1S/C27H27F2N9O3/c1-16-4-8-39-26-18(11-33-37(26)2)24-31-7-3-22(35-24)34-23-9-20(41-16)17(10-32-23)19-12-38(15-27(14-30)5-6-27)36-25(19)40-13-21(28)29/h3,7,9-12,16,21H,4-6,8,13,15H2,1-2H3,(H,31,32,34,35)/t16-/m0/s1. The molecule has 1 fully saturated rings. The Balaban J connectivity index is 1.38. The number of anilines is 2. The van der Waals surface area contributed by atoms with Gasteiger partial charge in [-0.2, -0.15) is 10.4 Å². The summed E-state index contributed by atoms with van der Waals surface area (Å²) in [6, 6.07) is 5.74. The number of nitrogens with zero attached hydrogens (tertiary/aromatic N) is 8. The first-order valence-corrected chi connectivity index (χ1v) is 13.1. The van der Waals surface area contributed by atoms with Gasteiger partial charge in [-0.25, -0.2) is 28.4 Å². The molecule has 0 radical (unpaired) electrons. The van der Waals surface area contributed by atoms with Gasteiger partial charge in [0.1, 0.15) is 22.9 Å². The maximum absolute atomic E-state index is 13.1. The van der Waals surface area contributed by atoms with Gasteiger partial charge in [0.15, 0.2) is 12.4 Å². The van der Waals surface area contributed by atoms with Crippen molar-refractivity contribution in [1.29, 1.82) is 5.26 Å². The molecular formula is C27H27F2N9O3. The van der Waals surface area contributed by atoms with Crippen molar-refractivity contribution in [3.63, 3.8) is 0 Å². The van der Waals surface area contributed by atoms with Gasteiger partial charge in [0, 0.05) is 43.7 Å². The summed E-state index contributed by atoms with van der Waals surface area (Å²) in [5, 5.41) is 21.4. The van der Waals surface area contributed by atoms with Crippen LogP contribution in [0, 0.1) is 16.7 Å². The van der Waals surface area contributed by atoms with E-state index < -0.39 is 18.4 Å². The van der Waals surface area contributed by atoms with Crippen LogP contribution in [0.5, 0.6) is 17.5 Å². The van der Waals surface area contributed by atoms with Gasteiger partial charge < -0.3 is 19.5 Å². The molecule has 0 unspecified atom stereocenters. The zero-order valence-electron chi connectivity index (χ0n) is 22.4. The number of ether oxygens (including phenoxy) is 3. The molecule has 14 heteroatoms. The van der Waals surface area contributed by atoms with Crippen molar-refractivity contribution in [2.75, 3.05) is 18.5 Å². The summed E-state index contributed by atoms with van der Waals surface area (Å²) in [7, 11) is 1.78. The van der Waals surface area contributed by atoms with Gasteiger partial charge in [-0.15, -0.1) is 5.10 Å². The summed E-state index contributed by atoms with van der Waals surface area (Å²) in [6.07, 6.45) is 5.58. The van der Waals surface area contributed by atoms with Gasteiger partial charge >= 0.3 is 0 Å². The summed E-state index contributed by atoms with van der Waals surface area (Å²) >= 11 is 0.